The average Bonchev–Trinajstić information content (AvgIpc) is 2.30. The Bertz CT molecular complexity index is 381. The van der Waals surface area contributed by atoms with Gasteiger partial charge in [-0.1, -0.05) is 24.4 Å². The second kappa shape index (κ2) is 6.91. The highest BCUT2D eigenvalue weighted by Gasteiger charge is 2.13. The summed E-state index contributed by atoms with van der Waals surface area (Å²) in [6.45, 7) is 3.41. The van der Waals surface area contributed by atoms with Gasteiger partial charge in [0.15, 0.2) is 0 Å². The summed E-state index contributed by atoms with van der Waals surface area (Å²) in [5.74, 6) is 0. The van der Waals surface area contributed by atoms with Crippen LogP contribution in [0.3, 0.4) is 0 Å². The lowest BCUT2D eigenvalue weighted by atomic mass is 10.1. The van der Waals surface area contributed by atoms with Gasteiger partial charge in [0.25, 0.3) is 0 Å². The third kappa shape index (κ3) is 4.24. The summed E-state index contributed by atoms with van der Waals surface area (Å²) >= 11 is 5.45. The highest BCUT2D eigenvalue weighted by molar-refractivity contribution is 7.80. The van der Waals surface area contributed by atoms with Crippen LogP contribution in [0.25, 0.3) is 0 Å². The fraction of sp³-hybridized carbons (Fsp3) is 0.417. The molecule has 0 bridgehead atoms. The number of hydrogen-bond acceptors (Lipinski definition) is 2. The number of rotatable bonds is 2. The van der Waals surface area contributed by atoms with Crippen LogP contribution in [0.1, 0.15) is 5.56 Å². The summed E-state index contributed by atoms with van der Waals surface area (Å²) in [5, 5.41) is 0. The first-order valence-electron chi connectivity index (χ1n) is 5.52. The lowest BCUT2D eigenvalue weighted by Gasteiger charge is -2.29. The Morgan fingerprint density at radius 3 is 2.71 bits per heavy atom. The Balaban J connectivity index is 0.00000144. The molecule has 1 aliphatic heterocycles. The Morgan fingerprint density at radius 2 is 2.06 bits per heavy atom. The number of hydrogen-bond donors (Lipinski definition) is 1. The second-order valence-electron chi connectivity index (χ2n) is 3.99. The minimum Gasteiger partial charge on any atom is -1.00 e. The first-order valence-corrected chi connectivity index (χ1v) is 5.93. The molecule has 2 rings (SSSR count). The van der Waals surface area contributed by atoms with Gasteiger partial charge in [-0.2, -0.15) is 0 Å². The van der Waals surface area contributed by atoms with E-state index in [-0.39, 0.29) is 12.4 Å². The molecule has 3 nitrogen and oxygen atoms in total. The standard InChI is InChI=1S/C12H16N2OS.ClH/c13-11-3-1-2-10(8-11)9-12(16)14-4-6-15-7-5-14;/h1-3,8H,4-7,9,13H2;1H. The molecule has 5 heteroatoms. The zero-order valence-corrected chi connectivity index (χ0v) is 11.3. The average molecular weight is 273 g/mol. The van der Waals surface area contributed by atoms with Gasteiger partial charge in [0.2, 0.25) is 0 Å². The zero-order valence-electron chi connectivity index (χ0n) is 9.69. The SMILES string of the molecule is [Cl-].[NH3+]c1cccc(CC(=S)N2CCOCC2)c1. The minimum absolute atomic E-state index is 0. The van der Waals surface area contributed by atoms with E-state index in [0.717, 1.165) is 43.4 Å². The summed E-state index contributed by atoms with van der Waals surface area (Å²) in [5.41, 5.74) is 6.21. The zero-order chi connectivity index (χ0) is 11.4. The van der Waals surface area contributed by atoms with Crippen LogP contribution in [0, 0.1) is 0 Å². The highest BCUT2D eigenvalue weighted by Crippen LogP contribution is 2.09. The second-order valence-corrected chi connectivity index (χ2v) is 4.46. The molecule has 1 aromatic carbocycles. The molecule has 1 aromatic rings. The predicted octanol–water partition coefficient (Wildman–Crippen LogP) is -2.23. The van der Waals surface area contributed by atoms with Crippen LogP contribution in [-0.2, 0) is 11.2 Å². The summed E-state index contributed by atoms with van der Waals surface area (Å²) in [7, 11) is 0. The van der Waals surface area contributed by atoms with Gasteiger partial charge in [-0.25, -0.2) is 0 Å². The molecule has 0 saturated carbocycles. The van der Waals surface area contributed by atoms with E-state index >= 15 is 0 Å². The number of ether oxygens (including phenoxy) is 1. The Hall–Kier alpha value is -0.680. The lowest BCUT2D eigenvalue weighted by molar-refractivity contribution is -0.254. The van der Waals surface area contributed by atoms with Gasteiger partial charge in [0, 0.05) is 25.6 Å². The molecule has 0 radical (unpaired) electrons. The van der Waals surface area contributed by atoms with Gasteiger partial charge in [-0.15, -0.1) is 0 Å². The highest BCUT2D eigenvalue weighted by atomic mass is 35.5. The first-order chi connectivity index (χ1) is 7.75. The smallest absolute Gasteiger partial charge is 0.128 e. The number of benzene rings is 1. The number of morpholine rings is 1. The molecular formula is C12H17ClN2OS. The molecule has 1 heterocycles. The van der Waals surface area contributed by atoms with Crippen molar-refractivity contribution in [2.75, 3.05) is 26.3 Å². The van der Waals surface area contributed by atoms with Crippen LogP contribution >= 0.6 is 12.2 Å². The van der Waals surface area contributed by atoms with Crippen molar-refractivity contribution >= 4 is 22.9 Å². The van der Waals surface area contributed by atoms with Crippen LogP contribution in [0.15, 0.2) is 24.3 Å². The van der Waals surface area contributed by atoms with E-state index in [4.69, 9.17) is 17.0 Å². The van der Waals surface area contributed by atoms with E-state index < -0.39 is 0 Å². The molecule has 0 amide bonds. The molecular weight excluding hydrogens is 256 g/mol. The third-order valence-electron chi connectivity index (χ3n) is 2.71. The van der Waals surface area contributed by atoms with Gasteiger partial charge in [0.05, 0.1) is 18.2 Å². The van der Waals surface area contributed by atoms with E-state index in [1.54, 1.807) is 0 Å². The fourth-order valence-corrected chi connectivity index (χ4v) is 2.19. The van der Waals surface area contributed by atoms with E-state index in [2.05, 4.69) is 22.8 Å². The summed E-state index contributed by atoms with van der Waals surface area (Å²) in [6.07, 6.45) is 0.832. The van der Waals surface area contributed by atoms with Gasteiger partial charge < -0.3 is 27.8 Å². The van der Waals surface area contributed by atoms with Crippen LogP contribution in [0.5, 0.6) is 0 Å². The van der Waals surface area contributed by atoms with E-state index in [1.807, 2.05) is 12.1 Å². The van der Waals surface area contributed by atoms with Crippen molar-refractivity contribution in [2.45, 2.75) is 6.42 Å². The Kier molecular flexibility index (Phi) is 5.85. The lowest BCUT2D eigenvalue weighted by Crippen LogP contribution is -3.00. The minimum atomic E-state index is 0. The van der Waals surface area contributed by atoms with Gasteiger partial charge in [0.1, 0.15) is 5.69 Å². The number of nitrogens with zero attached hydrogens (tertiary/aromatic N) is 1. The molecule has 0 aliphatic carbocycles. The molecule has 0 unspecified atom stereocenters. The van der Waals surface area contributed by atoms with Crippen LogP contribution < -0.4 is 18.1 Å². The molecule has 0 aromatic heterocycles. The number of thiocarbonyl (C=S) groups is 1. The monoisotopic (exact) mass is 272 g/mol. The number of quaternary nitrogens is 1. The first kappa shape index (κ1) is 14.4. The molecule has 1 aliphatic rings. The van der Waals surface area contributed by atoms with E-state index in [9.17, 15) is 0 Å². The van der Waals surface area contributed by atoms with Crippen LogP contribution in [0.2, 0.25) is 0 Å². The molecule has 3 N–H and O–H groups in total. The normalized spacial score (nSPS) is 15.2. The largest absolute Gasteiger partial charge is 1.00 e. The van der Waals surface area contributed by atoms with Crippen molar-refractivity contribution < 1.29 is 22.9 Å². The maximum Gasteiger partial charge on any atom is 0.128 e. The van der Waals surface area contributed by atoms with Crippen molar-refractivity contribution in [3.63, 3.8) is 0 Å². The fourth-order valence-electron chi connectivity index (χ4n) is 1.84. The Labute approximate surface area is 113 Å². The predicted molar refractivity (Wildman–Crippen MR) is 67.7 cm³/mol. The molecule has 1 fully saturated rings. The molecule has 0 spiro atoms. The van der Waals surface area contributed by atoms with Crippen molar-refractivity contribution in [1.29, 1.82) is 0 Å². The van der Waals surface area contributed by atoms with E-state index in [0.29, 0.717) is 0 Å². The summed E-state index contributed by atoms with van der Waals surface area (Å²) in [6, 6.07) is 8.22. The topological polar surface area (TPSA) is 40.1 Å². The van der Waals surface area contributed by atoms with Crippen molar-refractivity contribution in [3.05, 3.63) is 29.8 Å². The molecule has 17 heavy (non-hydrogen) atoms. The summed E-state index contributed by atoms with van der Waals surface area (Å²) in [4.78, 5) is 3.24. The van der Waals surface area contributed by atoms with E-state index in [1.165, 1.54) is 5.56 Å². The van der Waals surface area contributed by atoms with Gasteiger partial charge >= 0.3 is 0 Å². The third-order valence-corrected chi connectivity index (χ3v) is 3.11. The van der Waals surface area contributed by atoms with Crippen LogP contribution in [-0.4, -0.2) is 36.2 Å². The summed E-state index contributed by atoms with van der Waals surface area (Å²) < 4.78 is 5.31. The number of halogens is 1. The van der Waals surface area contributed by atoms with Gasteiger partial charge in [-0.05, 0) is 11.6 Å². The molecule has 94 valence electrons. The molecule has 1 saturated heterocycles. The maximum absolute atomic E-state index is 5.45. The van der Waals surface area contributed by atoms with Gasteiger partial charge in [-0.3, -0.25) is 0 Å². The Morgan fingerprint density at radius 1 is 1.35 bits per heavy atom. The molecule has 0 atom stereocenters. The van der Waals surface area contributed by atoms with Crippen molar-refractivity contribution in [1.82, 2.24) is 4.90 Å². The maximum atomic E-state index is 5.45. The quantitative estimate of drug-likeness (QED) is 0.620. The van der Waals surface area contributed by atoms with Crippen molar-refractivity contribution in [2.24, 2.45) is 0 Å². The van der Waals surface area contributed by atoms with Crippen LogP contribution in [0.4, 0.5) is 5.69 Å². The van der Waals surface area contributed by atoms with Crippen molar-refractivity contribution in [3.8, 4) is 0 Å².